The molecule has 0 aliphatic rings. The van der Waals surface area contributed by atoms with E-state index in [1.54, 1.807) is 18.2 Å². The minimum atomic E-state index is 0.411. The van der Waals surface area contributed by atoms with Crippen LogP contribution < -0.4 is 5.48 Å². The van der Waals surface area contributed by atoms with Gasteiger partial charge in [-0.1, -0.05) is 15.9 Å². The molecular weight excluding hydrogens is 210 g/mol. The average Bonchev–Trinajstić information content (AvgIpc) is 2.04. The first-order valence-electron chi connectivity index (χ1n) is 2.98. The first-order chi connectivity index (χ1) is 5.27. The van der Waals surface area contributed by atoms with Gasteiger partial charge in [-0.05, 0) is 12.1 Å². The largest absolute Gasteiger partial charge is 0.630 e. The molecule has 0 atom stereocenters. The molecule has 3 nitrogen and oxygen atoms in total. The lowest BCUT2D eigenvalue weighted by Gasteiger charge is -2.03. The normalized spacial score (nSPS) is 9.64. The smallest absolute Gasteiger partial charge is 0.156 e. The third-order valence-electron chi connectivity index (χ3n) is 1.30. The first-order valence-corrected chi connectivity index (χ1v) is 3.77. The molecule has 0 saturated carbocycles. The number of quaternary nitrogens is 1. The molecule has 0 bridgehead atoms. The summed E-state index contributed by atoms with van der Waals surface area (Å²) in [6.07, 6.45) is 0.663. The van der Waals surface area contributed by atoms with Gasteiger partial charge in [0.1, 0.15) is 5.69 Å². The Bertz CT molecular complexity index is 275. The predicted octanol–water partition coefficient (Wildman–Crippen LogP) is 0.954. The summed E-state index contributed by atoms with van der Waals surface area (Å²) < 4.78 is 0.796. The van der Waals surface area contributed by atoms with Crippen molar-refractivity contribution < 1.29 is 10.3 Å². The highest BCUT2D eigenvalue weighted by molar-refractivity contribution is 9.10. The second-order valence-corrected chi connectivity index (χ2v) is 2.92. The minimum absolute atomic E-state index is 0.411. The lowest BCUT2D eigenvalue weighted by atomic mass is 10.2. The Morgan fingerprint density at radius 1 is 1.55 bits per heavy atom. The van der Waals surface area contributed by atoms with E-state index >= 15 is 0 Å². The summed E-state index contributed by atoms with van der Waals surface area (Å²) in [5.41, 5.74) is 1.49. The van der Waals surface area contributed by atoms with Crippen LogP contribution in [0.15, 0.2) is 22.7 Å². The van der Waals surface area contributed by atoms with Crippen LogP contribution in [-0.4, -0.2) is 6.29 Å². The number of nitrogens with two attached hydrogens (primary N) is 1. The van der Waals surface area contributed by atoms with Crippen molar-refractivity contribution in [2.24, 2.45) is 0 Å². The Morgan fingerprint density at radius 2 is 2.27 bits per heavy atom. The molecular formula is C7H6BrNO2. The molecule has 11 heavy (non-hydrogen) atoms. The highest BCUT2D eigenvalue weighted by Crippen LogP contribution is 2.15. The number of hydrogen-bond donors (Lipinski definition) is 1. The number of carbonyl (C=O) groups excluding carboxylic acids is 1. The number of benzene rings is 1. The molecule has 0 aromatic heterocycles. The van der Waals surface area contributed by atoms with E-state index in [1.807, 2.05) is 0 Å². The van der Waals surface area contributed by atoms with E-state index in [9.17, 15) is 10.0 Å². The van der Waals surface area contributed by atoms with Crippen LogP contribution in [0.25, 0.3) is 0 Å². The minimum Gasteiger partial charge on any atom is -0.630 e. The molecule has 1 aromatic rings. The van der Waals surface area contributed by atoms with Crippen LogP contribution in [0.5, 0.6) is 0 Å². The van der Waals surface area contributed by atoms with Crippen LogP contribution in [0.2, 0.25) is 0 Å². The number of halogens is 1. The zero-order valence-corrected chi connectivity index (χ0v) is 7.17. The highest BCUT2D eigenvalue weighted by atomic mass is 79.9. The summed E-state index contributed by atoms with van der Waals surface area (Å²) in [6, 6.07) is 4.92. The predicted molar refractivity (Wildman–Crippen MR) is 44.5 cm³/mol. The Balaban J connectivity index is 3.16. The molecule has 4 heteroatoms. The van der Waals surface area contributed by atoms with Gasteiger partial charge in [0, 0.05) is 10.5 Å². The van der Waals surface area contributed by atoms with Crippen molar-refractivity contribution in [1.82, 2.24) is 0 Å². The van der Waals surface area contributed by atoms with Gasteiger partial charge in [-0.25, -0.2) is 0 Å². The summed E-state index contributed by atoms with van der Waals surface area (Å²) in [6.45, 7) is 0. The van der Waals surface area contributed by atoms with Crippen molar-refractivity contribution in [2.75, 3.05) is 0 Å². The van der Waals surface area contributed by atoms with E-state index < -0.39 is 0 Å². The molecule has 0 heterocycles. The van der Waals surface area contributed by atoms with Gasteiger partial charge in [0.05, 0.1) is 5.56 Å². The number of hydrogen-bond acceptors (Lipinski definition) is 2. The fourth-order valence-electron chi connectivity index (χ4n) is 0.755. The van der Waals surface area contributed by atoms with Crippen LogP contribution in [0.1, 0.15) is 10.4 Å². The van der Waals surface area contributed by atoms with Gasteiger partial charge in [0.25, 0.3) is 0 Å². The maximum Gasteiger partial charge on any atom is 0.156 e. The summed E-state index contributed by atoms with van der Waals surface area (Å²) in [5, 5.41) is 10.4. The summed E-state index contributed by atoms with van der Waals surface area (Å²) in [5.74, 6) is 0. The fraction of sp³-hybridized carbons (Fsp3) is 0. The van der Waals surface area contributed by atoms with Crippen molar-refractivity contribution >= 4 is 27.9 Å². The van der Waals surface area contributed by atoms with Gasteiger partial charge in [-0.3, -0.25) is 4.79 Å². The molecule has 2 N–H and O–H groups in total. The number of carbonyl (C=O) groups is 1. The molecule has 0 unspecified atom stereocenters. The van der Waals surface area contributed by atoms with Crippen LogP contribution in [0.3, 0.4) is 0 Å². The Hall–Kier alpha value is -0.710. The fourth-order valence-corrected chi connectivity index (χ4v) is 1.13. The molecule has 1 aromatic carbocycles. The van der Waals surface area contributed by atoms with Gasteiger partial charge < -0.3 is 10.7 Å². The van der Waals surface area contributed by atoms with Crippen LogP contribution in [0.4, 0.5) is 5.69 Å². The third-order valence-corrected chi connectivity index (χ3v) is 1.80. The molecule has 0 amide bonds. The van der Waals surface area contributed by atoms with Crippen LogP contribution in [-0.2, 0) is 0 Å². The van der Waals surface area contributed by atoms with Gasteiger partial charge in [0.2, 0.25) is 0 Å². The van der Waals surface area contributed by atoms with E-state index in [-0.39, 0.29) is 0 Å². The van der Waals surface area contributed by atoms with Gasteiger partial charge in [0.15, 0.2) is 6.29 Å². The third kappa shape index (κ3) is 1.86. The maximum absolute atomic E-state index is 10.4. The highest BCUT2D eigenvalue weighted by Gasteiger charge is 2.01. The maximum atomic E-state index is 10.4. The molecule has 58 valence electrons. The molecule has 1 rings (SSSR count). The topological polar surface area (TPSA) is 56.7 Å². The van der Waals surface area contributed by atoms with Crippen molar-refractivity contribution in [3.05, 3.63) is 33.4 Å². The molecule has 0 aliphatic carbocycles. The SMILES string of the molecule is O=Cc1ccc(Br)cc1[NH2+][O-]. The zero-order chi connectivity index (χ0) is 8.27. The molecule has 0 radical (unpaired) electrons. The van der Waals surface area contributed by atoms with Gasteiger partial charge >= 0.3 is 0 Å². The van der Waals surface area contributed by atoms with Gasteiger partial charge in [-0.2, -0.15) is 0 Å². The van der Waals surface area contributed by atoms with E-state index in [2.05, 4.69) is 15.9 Å². The summed E-state index contributed by atoms with van der Waals surface area (Å²) >= 11 is 3.19. The monoisotopic (exact) mass is 215 g/mol. The van der Waals surface area contributed by atoms with Crippen molar-refractivity contribution in [3.63, 3.8) is 0 Å². The second kappa shape index (κ2) is 3.61. The Morgan fingerprint density at radius 3 is 2.82 bits per heavy atom. The van der Waals surface area contributed by atoms with Crippen molar-refractivity contribution in [3.8, 4) is 0 Å². The lowest BCUT2D eigenvalue weighted by molar-refractivity contribution is -0.497. The Kier molecular flexibility index (Phi) is 2.76. The second-order valence-electron chi connectivity index (χ2n) is 2.01. The Labute approximate surface area is 72.1 Å². The van der Waals surface area contributed by atoms with E-state index in [0.29, 0.717) is 23.0 Å². The standard InChI is InChI=1S/C7H6BrNO2/c8-6-2-1-5(4-10)7(3-6)9-11/h1-4H,9H2. The van der Waals surface area contributed by atoms with E-state index in [1.165, 1.54) is 0 Å². The van der Waals surface area contributed by atoms with Crippen LogP contribution in [0, 0.1) is 5.21 Å². The molecule has 0 saturated heterocycles. The quantitative estimate of drug-likeness (QED) is 0.454. The van der Waals surface area contributed by atoms with Crippen LogP contribution >= 0.6 is 15.9 Å². The summed E-state index contributed by atoms with van der Waals surface area (Å²) in [7, 11) is 0. The van der Waals surface area contributed by atoms with Crippen molar-refractivity contribution in [1.29, 1.82) is 0 Å². The average molecular weight is 216 g/mol. The van der Waals surface area contributed by atoms with E-state index in [0.717, 1.165) is 4.47 Å². The number of rotatable bonds is 2. The van der Waals surface area contributed by atoms with Crippen molar-refractivity contribution in [2.45, 2.75) is 0 Å². The molecule has 0 spiro atoms. The zero-order valence-electron chi connectivity index (χ0n) is 5.58. The first kappa shape index (κ1) is 8.39. The molecule has 0 aliphatic heterocycles. The lowest BCUT2D eigenvalue weighted by Crippen LogP contribution is -2.70. The number of aldehydes is 1. The summed E-state index contributed by atoms with van der Waals surface area (Å²) in [4.78, 5) is 10.3. The van der Waals surface area contributed by atoms with Gasteiger partial charge in [-0.15, -0.1) is 0 Å². The molecule has 0 fully saturated rings. The van der Waals surface area contributed by atoms with E-state index in [4.69, 9.17) is 0 Å².